The molecule has 0 saturated heterocycles. The van der Waals surface area contributed by atoms with Crippen LogP contribution in [0.4, 0.5) is 0 Å². The summed E-state index contributed by atoms with van der Waals surface area (Å²) in [4.78, 5) is 8.84. The average molecular weight is 243 g/mol. The van der Waals surface area contributed by atoms with Crippen molar-refractivity contribution in [2.45, 2.75) is 16.5 Å². The molecule has 5 heteroatoms. The fraction of sp³-hybridized carbons (Fsp3) is 0.0833. The normalized spacial score (nSPS) is 9.88. The van der Waals surface area contributed by atoms with Crippen molar-refractivity contribution in [1.82, 2.24) is 9.97 Å². The van der Waals surface area contributed by atoms with Gasteiger partial charge in [-0.2, -0.15) is 5.26 Å². The lowest BCUT2D eigenvalue weighted by Gasteiger charge is -2.02. The largest absolute Gasteiger partial charge is 0.392 e. The lowest BCUT2D eigenvalue weighted by molar-refractivity contribution is 0.282. The number of nitriles is 1. The van der Waals surface area contributed by atoms with Crippen molar-refractivity contribution in [1.29, 1.82) is 5.26 Å². The van der Waals surface area contributed by atoms with Crippen LogP contribution in [0.5, 0.6) is 0 Å². The van der Waals surface area contributed by atoms with Crippen molar-refractivity contribution in [2.24, 2.45) is 0 Å². The molecule has 2 rings (SSSR count). The van der Waals surface area contributed by atoms with E-state index in [1.54, 1.807) is 0 Å². The van der Waals surface area contributed by atoms with Crippen molar-refractivity contribution in [2.75, 3.05) is 0 Å². The van der Waals surface area contributed by atoms with Gasteiger partial charge in [-0.3, -0.25) is 0 Å². The molecule has 0 saturated carbocycles. The zero-order valence-electron chi connectivity index (χ0n) is 8.87. The molecule has 0 aliphatic rings. The Bertz CT molecular complexity index is 548. The summed E-state index contributed by atoms with van der Waals surface area (Å²) in [5.41, 5.74) is 1.32. The van der Waals surface area contributed by atoms with Gasteiger partial charge in [0.15, 0.2) is 0 Å². The third kappa shape index (κ3) is 2.81. The van der Waals surface area contributed by atoms with Crippen molar-refractivity contribution < 1.29 is 5.11 Å². The Morgan fingerprint density at radius 1 is 1.29 bits per heavy atom. The first-order chi connectivity index (χ1) is 8.33. The molecular weight excluding hydrogens is 234 g/mol. The Labute approximate surface area is 103 Å². The van der Waals surface area contributed by atoms with Gasteiger partial charge < -0.3 is 5.11 Å². The molecule has 17 heavy (non-hydrogen) atoms. The van der Waals surface area contributed by atoms with Gasteiger partial charge in [0.1, 0.15) is 23.0 Å². The van der Waals surface area contributed by atoms with Crippen molar-refractivity contribution >= 4 is 11.8 Å². The number of benzene rings is 1. The highest BCUT2D eigenvalue weighted by Gasteiger charge is 2.05. The van der Waals surface area contributed by atoms with Crippen LogP contribution in [0.15, 0.2) is 46.7 Å². The summed E-state index contributed by atoms with van der Waals surface area (Å²) in [6.07, 6.45) is 2.92. The van der Waals surface area contributed by atoms with Crippen LogP contribution in [-0.4, -0.2) is 15.1 Å². The van der Waals surface area contributed by atoms with E-state index in [4.69, 9.17) is 10.4 Å². The number of aromatic nitrogens is 2. The zero-order chi connectivity index (χ0) is 12.1. The van der Waals surface area contributed by atoms with Crippen LogP contribution in [0.2, 0.25) is 0 Å². The SMILES string of the molecule is N#Cc1cncnc1Sc1ccc(CO)cc1. The number of nitrogens with zero attached hydrogens (tertiary/aromatic N) is 3. The molecule has 0 spiro atoms. The fourth-order valence-electron chi connectivity index (χ4n) is 1.25. The van der Waals surface area contributed by atoms with Crippen LogP contribution in [0.25, 0.3) is 0 Å². The lowest BCUT2D eigenvalue weighted by atomic mass is 10.2. The molecule has 4 nitrogen and oxygen atoms in total. The molecule has 2 aromatic rings. The molecule has 1 heterocycles. The van der Waals surface area contributed by atoms with E-state index in [2.05, 4.69) is 16.0 Å². The van der Waals surface area contributed by atoms with Gasteiger partial charge in [0, 0.05) is 11.1 Å². The zero-order valence-corrected chi connectivity index (χ0v) is 9.68. The Morgan fingerprint density at radius 2 is 2.06 bits per heavy atom. The third-order valence-electron chi connectivity index (χ3n) is 2.12. The van der Waals surface area contributed by atoms with Crippen molar-refractivity contribution in [3.8, 4) is 6.07 Å². The van der Waals surface area contributed by atoms with Gasteiger partial charge in [-0.25, -0.2) is 9.97 Å². The monoisotopic (exact) mass is 243 g/mol. The third-order valence-corrected chi connectivity index (χ3v) is 3.14. The minimum atomic E-state index is 0.0297. The van der Waals surface area contributed by atoms with Crippen molar-refractivity contribution in [3.63, 3.8) is 0 Å². The highest BCUT2D eigenvalue weighted by atomic mass is 32.2. The average Bonchev–Trinajstić information content (AvgIpc) is 2.40. The van der Waals surface area contributed by atoms with E-state index in [1.807, 2.05) is 24.3 Å². The molecule has 1 aromatic heterocycles. The summed E-state index contributed by atoms with van der Waals surface area (Å²) in [7, 11) is 0. The van der Waals surface area contributed by atoms with Gasteiger partial charge in [0.25, 0.3) is 0 Å². The molecule has 1 aromatic carbocycles. The van der Waals surface area contributed by atoms with Crippen LogP contribution in [0, 0.1) is 11.3 Å². The molecule has 0 bridgehead atoms. The summed E-state index contributed by atoms with van der Waals surface area (Å²) < 4.78 is 0. The molecule has 84 valence electrons. The predicted molar refractivity (Wildman–Crippen MR) is 63.2 cm³/mol. The maximum atomic E-state index is 8.93. The maximum Gasteiger partial charge on any atom is 0.122 e. The minimum Gasteiger partial charge on any atom is -0.392 e. The number of aliphatic hydroxyl groups is 1. The highest BCUT2D eigenvalue weighted by molar-refractivity contribution is 7.99. The molecular formula is C12H9N3OS. The van der Waals surface area contributed by atoms with Gasteiger partial charge >= 0.3 is 0 Å². The van der Waals surface area contributed by atoms with Gasteiger partial charge in [-0.1, -0.05) is 23.9 Å². The van der Waals surface area contributed by atoms with E-state index in [0.29, 0.717) is 10.6 Å². The number of hydrogen-bond donors (Lipinski definition) is 1. The van der Waals surface area contributed by atoms with Crippen LogP contribution < -0.4 is 0 Å². The number of rotatable bonds is 3. The van der Waals surface area contributed by atoms with E-state index < -0.39 is 0 Å². The van der Waals surface area contributed by atoms with Gasteiger partial charge in [0.2, 0.25) is 0 Å². The molecule has 0 aliphatic heterocycles. The second-order valence-corrected chi connectivity index (χ2v) is 4.32. The van der Waals surface area contributed by atoms with Crippen LogP contribution >= 0.6 is 11.8 Å². The summed E-state index contributed by atoms with van der Waals surface area (Å²) in [6.45, 7) is 0.0297. The summed E-state index contributed by atoms with van der Waals surface area (Å²) in [5.74, 6) is 0. The van der Waals surface area contributed by atoms with Crippen molar-refractivity contribution in [3.05, 3.63) is 47.9 Å². The summed E-state index contributed by atoms with van der Waals surface area (Å²) in [5, 5.41) is 18.5. The van der Waals surface area contributed by atoms with Gasteiger partial charge in [0.05, 0.1) is 6.61 Å². The molecule has 0 amide bonds. The maximum absolute atomic E-state index is 8.93. The van der Waals surface area contributed by atoms with E-state index in [9.17, 15) is 0 Å². The van der Waals surface area contributed by atoms with E-state index in [1.165, 1.54) is 24.3 Å². The van der Waals surface area contributed by atoms with E-state index in [-0.39, 0.29) is 6.61 Å². The Hall–Kier alpha value is -1.90. The molecule has 0 fully saturated rings. The second kappa shape index (κ2) is 5.43. The summed E-state index contributed by atoms with van der Waals surface area (Å²) >= 11 is 1.40. The van der Waals surface area contributed by atoms with E-state index >= 15 is 0 Å². The van der Waals surface area contributed by atoms with Crippen LogP contribution in [0.1, 0.15) is 11.1 Å². The standard InChI is InChI=1S/C12H9N3OS/c13-5-10-6-14-8-15-12(10)17-11-3-1-9(7-16)2-4-11/h1-4,6,8,16H,7H2. The first-order valence-corrected chi connectivity index (χ1v) is 5.73. The second-order valence-electron chi connectivity index (χ2n) is 3.26. The topological polar surface area (TPSA) is 69.8 Å². The highest BCUT2D eigenvalue weighted by Crippen LogP contribution is 2.27. The first-order valence-electron chi connectivity index (χ1n) is 4.91. The fourth-order valence-corrected chi connectivity index (χ4v) is 2.05. The number of aliphatic hydroxyl groups excluding tert-OH is 1. The minimum absolute atomic E-state index is 0.0297. The van der Waals surface area contributed by atoms with Crippen LogP contribution in [0.3, 0.4) is 0 Å². The molecule has 0 atom stereocenters. The number of hydrogen-bond acceptors (Lipinski definition) is 5. The first kappa shape index (κ1) is 11.6. The molecule has 0 unspecified atom stereocenters. The Balaban J connectivity index is 2.23. The van der Waals surface area contributed by atoms with E-state index in [0.717, 1.165) is 10.5 Å². The van der Waals surface area contributed by atoms with Crippen LogP contribution in [-0.2, 0) is 6.61 Å². The molecule has 0 aliphatic carbocycles. The predicted octanol–water partition coefficient (Wildman–Crippen LogP) is 1.99. The lowest BCUT2D eigenvalue weighted by Crippen LogP contribution is -1.88. The van der Waals surface area contributed by atoms with Gasteiger partial charge in [-0.05, 0) is 17.7 Å². The summed E-state index contributed by atoms with van der Waals surface area (Å²) in [6, 6.07) is 9.51. The Kier molecular flexibility index (Phi) is 3.70. The van der Waals surface area contributed by atoms with Gasteiger partial charge in [-0.15, -0.1) is 0 Å². The quantitative estimate of drug-likeness (QED) is 0.835. The molecule has 0 radical (unpaired) electrons. The molecule has 1 N–H and O–H groups in total. The smallest absolute Gasteiger partial charge is 0.122 e. The Morgan fingerprint density at radius 3 is 2.71 bits per heavy atom.